The first-order chi connectivity index (χ1) is 13.4. The van der Waals surface area contributed by atoms with Crippen molar-refractivity contribution in [1.82, 2.24) is 0 Å². The van der Waals surface area contributed by atoms with Crippen molar-refractivity contribution in [3.63, 3.8) is 0 Å². The maximum Gasteiger partial charge on any atom is 0.258 e. The highest BCUT2D eigenvalue weighted by Crippen LogP contribution is 2.27. The van der Waals surface area contributed by atoms with Crippen LogP contribution in [0, 0.1) is 0 Å². The quantitative estimate of drug-likeness (QED) is 0.634. The molecular weight excluding hydrogens is 374 g/mol. The maximum atomic E-state index is 13.3. The number of amides is 1. The van der Waals surface area contributed by atoms with Crippen molar-refractivity contribution in [2.45, 2.75) is 11.4 Å². The molecule has 144 valence electrons. The summed E-state index contributed by atoms with van der Waals surface area (Å²) < 4.78 is 29.4. The van der Waals surface area contributed by atoms with Gasteiger partial charge >= 0.3 is 0 Å². The number of rotatable bonds is 6. The number of carbonyl (C=O) groups excluding carboxylic acids is 1. The van der Waals surface area contributed by atoms with Crippen LogP contribution in [-0.4, -0.2) is 27.7 Å². The van der Waals surface area contributed by atoms with Crippen LogP contribution < -0.4 is 9.64 Å². The fourth-order valence-corrected chi connectivity index (χ4v) is 3.77. The van der Waals surface area contributed by atoms with E-state index >= 15 is 0 Å². The molecule has 0 aromatic heterocycles. The molecule has 0 fully saturated rings. The Hall–Kier alpha value is -3.12. The predicted octanol–water partition coefficient (Wildman–Crippen LogP) is 3.95. The first-order valence-corrected chi connectivity index (χ1v) is 10.6. The Morgan fingerprint density at radius 1 is 0.929 bits per heavy atom. The number of carbonyl (C=O) groups is 1. The van der Waals surface area contributed by atoms with Crippen LogP contribution in [0.1, 0.15) is 15.9 Å². The molecule has 0 saturated carbocycles. The maximum absolute atomic E-state index is 13.3. The van der Waals surface area contributed by atoms with E-state index in [2.05, 4.69) is 0 Å². The van der Waals surface area contributed by atoms with E-state index in [1.165, 1.54) is 19.2 Å². The van der Waals surface area contributed by atoms with Crippen molar-refractivity contribution >= 4 is 21.4 Å². The van der Waals surface area contributed by atoms with E-state index in [-0.39, 0.29) is 22.1 Å². The SMILES string of the molecule is COc1ccc(C(=O)N(Cc2ccccc2)c2ccccc2)cc1S(C)(=O)=O. The summed E-state index contributed by atoms with van der Waals surface area (Å²) in [6.45, 7) is 0.365. The van der Waals surface area contributed by atoms with E-state index in [9.17, 15) is 13.2 Å². The van der Waals surface area contributed by atoms with Crippen LogP contribution in [0.4, 0.5) is 5.69 Å². The Balaban J connectivity index is 2.04. The van der Waals surface area contributed by atoms with Gasteiger partial charge < -0.3 is 9.64 Å². The van der Waals surface area contributed by atoms with E-state index in [4.69, 9.17) is 4.74 Å². The largest absolute Gasteiger partial charge is 0.495 e. The van der Waals surface area contributed by atoms with E-state index < -0.39 is 9.84 Å². The molecule has 28 heavy (non-hydrogen) atoms. The van der Waals surface area contributed by atoms with Gasteiger partial charge in [-0.05, 0) is 35.9 Å². The number of benzene rings is 3. The molecule has 0 radical (unpaired) electrons. The van der Waals surface area contributed by atoms with Gasteiger partial charge in [-0.3, -0.25) is 4.79 Å². The molecule has 0 spiro atoms. The molecule has 3 aromatic rings. The molecule has 0 atom stereocenters. The Morgan fingerprint density at radius 2 is 1.54 bits per heavy atom. The van der Waals surface area contributed by atoms with Crippen molar-refractivity contribution in [3.8, 4) is 5.75 Å². The van der Waals surface area contributed by atoms with Crippen LogP contribution >= 0.6 is 0 Å². The summed E-state index contributed by atoms with van der Waals surface area (Å²) in [6, 6.07) is 23.4. The van der Waals surface area contributed by atoms with Gasteiger partial charge in [-0.2, -0.15) is 0 Å². The molecule has 1 amide bonds. The van der Waals surface area contributed by atoms with E-state index in [1.807, 2.05) is 60.7 Å². The number of hydrogen-bond acceptors (Lipinski definition) is 4. The molecule has 5 nitrogen and oxygen atoms in total. The van der Waals surface area contributed by atoms with Crippen molar-refractivity contribution in [1.29, 1.82) is 0 Å². The lowest BCUT2D eigenvalue weighted by Gasteiger charge is -2.23. The van der Waals surface area contributed by atoms with Gasteiger partial charge in [0.05, 0.1) is 13.7 Å². The number of sulfone groups is 1. The normalized spacial score (nSPS) is 11.1. The number of ether oxygens (including phenoxy) is 1. The van der Waals surface area contributed by atoms with Gasteiger partial charge in [0.2, 0.25) is 0 Å². The van der Waals surface area contributed by atoms with Crippen molar-refractivity contribution < 1.29 is 17.9 Å². The van der Waals surface area contributed by atoms with Crippen molar-refractivity contribution in [3.05, 3.63) is 90.0 Å². The molecule has 3 aromatic carbocycles. The summed E-state index contributed by atoms with van der Waals surface area (Å²) >= 11 is 0. The third-order valence-electron chi connectivity index (χ3n) is 4.31. The average molecular weight is 395 g/mol. The van der Waals surface area contributed by atoms with Crippen LogP contribution in [0.15, 0.2) is 83.8 Å². The Labute approximate surface area is 165 Å². The molecule has 6 heteroatoms. The third kappa shape index (κ3) is 4.40. The van der Waals surface area contributed by atoms with Gasteiger partial charge in [-0.15, -0.1) is 0 Å². The molecular formula is C22H21NO4S. The molecule has 3 rings (SSSR count). The summed E-state index contributed by atoms with van der Waals surface area (Å²) in [7, 11) is -2.15. The van der Waals surface area contributed by atoms with E-state index in [0.717, 1.165) is 17.5 Å². The fourth-order valence-electron chi connectivity index (χ4n) is 2.91. The van der Waals surface area contributed by atoms with Gasteiger partial charge in [-0.25, -0.2) is 8.42 Å². The minimum Gasteiger partial charge on any atom is -0.495 e. The summed E-state index contributed by atoms with van der Waals surface area (Å²) in [5, 5.41) is 0. The zero-order valence-electron chi connectivity index (χ0n) is 15.7. The summed E-state index contributed by atoms with van der Waals surface area (Å²) in [5.74, 6) is -0.0732. The van der Waals surface area contributed by atoms with Crippen LogP contribution in [-0.2, 0) is 16.4 Å². The van der Waals surface area contributed by atoms with Crippen LogP contribution in [0.2, 0.25) is 0 Å². The first kappa shape index (κ1) is 19.6. The highest BCUT2D eigenvalue weighted by molar-refractivity contribution is 7.90. The number of methoxy groups -OCH3 is 1. The fraction of sp³-hybridized carbons (Fsp3) is 0.136. The second-order valence-corrected chi connectivity index (χ2v) is 8.33. The molecule has 0 saturated heterocycles. The standard InChI is InChI=1S/C22H21NO4S/c1-27-20-14-13-18(15-21(20)28(2,25)26)22(24)23(19-11-7-4-8-12-19)16-17-9-5-3-6-10-17/h3-15H,16H2,1-2H3. The lowest BCUT2D eigenvalue weighted by Crippen LogP contribution is -2.30. The number of hydrogen-bond donors (Lipinski definition) is 0. The summed E-state index contributed by atoms with van der Waals surface area (Å²) in [6.07, 6.45) is 1.10. The minimum atomic E-state index is -3.55. The van der Waals surface area contributed by atoms with E-state index in [1.54, 1.807) is 11.0 Å². The third-order valence-corrected chi connectivity index (χ3v) is 5.42. The zero-order chi connectivity index (χ0) is 20.1. The van der Waals surface area contributed by atoms with Gasteiger partial charge in [0.1, 0.15) is 10.6 Å². The second kappa shape index (κ2) is 8.27. The van der Waals surface area contributed by atoms with Crippen molar-refractivity contribution in [2.75, 3.05) is 18.3 Å². The lowest BCUT2D eigenvalue weighted by molar-refractivity contribution is 0.0985. The molecule has 0 aliphatic carbocycles. The highest BCUT2D eigenvalue weighted by atomic mass is 32.2. The van der Waals surface area contributed by atoms with Gasteiger partial charge in [0.15, 0.2) is 9.84 Å². The first-order valence-electron chi connectivity index (χ1n) is 8.69. The summed E-state index contributed by atoms with van der Waals surface area (Å²) in [5.41, 5.74) is 1.98. The van der Waals surface area contributed by atoms with Gasteiger partial charge in [-0.1, -0.05) is 48.5 Å². The Bertz CT molecular complexity index is 1060. The average Bonchev–Trinajstić information content (AvgIpc) is 2.72. The van der Waals surface area contributed by atoms with Crippen molar-refractivity contribution in [2.24, 2.45) is 0 Å². The molecule has 0 aliphatic rings. The second-order valence-electron chi connectivity index (χ2n) is 6.35. The number of nitrogens with zero attached hydrogens (tertiary/aromatic N) is 1. The van der Waals surface area contributed by atoms with Crippen LogP contribution in [0.5, 0.6) is 5.75 Å². The van der Waals surface area contributed by atoms with E-state index in [0.29, 0.717) is 6.54 Å². The zero-order valence-corrected chi connectivity index (χ0v) is 16.5. The van der Waals surface area contributed by atoms with Crippen LogP contribution in [0.25, 0.3) is 0 Å². The van der Waals surface area contributed by atoms with Crippen LogP contribution in [0.3, 0.4) is 0 Å². The smallest absolute Gasteiger partial charge is 0.258 e. The number of para-hydroxylation sites is 1. The monoisotopic (exact) mass is 395 g/mol. The number of anilines is 1. The molecule has 0 N–H and O–H groups in total. The molecule has 0 aliphatic heterocycles. The summed E-state index contributed by atoms with van der Waals surface area (Å²) in [4.78, 5) is 14.9. The van der Waals surface area contributed by atoms with Gasteiger partial charge in [0.25, 0.3) is 5.91 Å². The predicted molar refractivity (Wildman–Crippen MR) is 110 cm³/mol. The molecule has 0 unspecified atom stereocenters. The van der Waals surface area contributed by atoms with Gasteiger partial charge in [0, 0.05) is 17.5 Å². The lowest BCUT2D eigenvalue weighted by atomic mass is 10.1. The minimum absolute atomic E-state index is 0.00595. The molecule has 0 bridgehead atoms. The Morgan fingerprint density at radius 3 is 2.11 bits per heavy atom. The Kier molecular flexibility index (Phi) is 5.80. The highest BCUT2D eigenvalue weighted by Gasteiger charge is 2.22. The topological polar surface area (TPSA) is 63.7 Å². The molecule has 0 heterocycles.